The van der Waals surface area contributed by atoms with Crippen molar-refractivity contribution in [1.29, 1.82) is 0 Å². The molecular formula is C24H30N4O3S. The van der Waals surface area contributed by atoms with Crippen molar-refractivity contribution in [2.75, 3.05) is 13.6 Å². The van der Waals surface area contributed by atoms with Gasteiger partial charge < -0.3 is 4.90 Å². The lowest BCUT2D eigenvalue weighted by Crippen LogP contribution is -2.32. The van der Waals surface area contributed by atoms with E-state index in [2.05, 4.69) is 9.82 Å². The summed E-state index contributed by atoms with van der Waals surface area (Å²) in [5.74, 6) is -0.139. The molecule has 0 unspecified atom stereocenters. The van der Waals surface area contributed by atoms with Crippen LogP contribution < -0.4 is 4.72 Å². The highest BCUT2D eigenvalue weighted by Crippen LogP contribution is 2.20. The number of carbonyl (C=O) groups excluding carboxylic acids is 1. The standard InChI is InChI=1S/C24H30N4O3S/c1-17-11-12-23(18(2)15-17)32(30,31)25-14-13-24(29)27(5)16-22-19(3)26-28(20(22)4)21-9-7-6-8-10-21/h6-12,15,25H,13-14,16H2,1-5H3. The molecule has 1 heterocycles. The van der Waals surface area contributed by atoms with E-state index in [1.807, 2.05) is 61.9 Å². The first kappa shape index (κ1) is 23.7. The fourth-order valence-corrected chi connectivity index (χ4v) is 4.97. The molecule has 0 radical (unpaired) electrons. The van der Waals surface area contributed by atoms with Gasteiger partial charge in [0.25, 0.3) is 0 Å². The average molecular weight is 455 g/mol. The molecular weight excluding hydrogens is 424 g/mol. The molecule has 2 aromatic carbocycles. The van der Waals surface area contributed by atoms with Gasteiger partial charge in [-0.2, -0.15) is 5.10 Å². The minimum Gasteiger partial charge on any atom is -0.341 e. The minimum absolute atomic E-state index is 0.0417. The van der Waals surface area contributed by atoms with Gasteiger partial charge in [0.2, 0.25) is 15.9 Å². The maximum Gasteiger partial charge on any atom is 0.240 e. The number of aromatic nitrogens is 2. The molecule has 0 bridgehead atoms. The van der Waals surface area contributed by atoms with Gasteiger partial charge in [0.05, 0.1) is 16.3 Å². The number of benzene rings is 2. The molecule has 0 spiro atoms. The highest BCUT2D eigenvalue weighted by Gasteiger charge is 2.19. The summed E-state index contributed by atoms with van der Waals surface area (Å²) in [6.07, 6.45) is 0.0750. The number of hydrogen-bond acceptors (Lipinski definition) is 4. The van der Waals surface area contributed by atoms with Gasteiger partial charge in [-0.05, 0) is 51.5 Å². The van der Waals surface area contributed by atoms with Gasteiger partial charge in [-0.15, -0.1) is 0 Å². The summed E-state index contributed by atoms with van der Waals surface area (Å²) in [6.45, 7) is 8.04. The van der Waals surface area contributed by atoms with Crippen molar-refractivity contribution in [2.24, 2.45) is 0 Å². The zero-order valence-electron chi connectivity index (χ0n) is 19.2. The van der Waals surface area contributed by atoms with Crippen LogP contribution >= 0.6 is 0 Å². The monoisotopic (exact) mass is 454 g/mol. The summed E-state index contributed by atoms with van der Waals surface area (Å²) in [4.78, 5) is 14.5. The Bertz CT molecular complexity index is 1220. The third-order valence-corrected chi connectivity index (χ3v) is 7.14. The maximum atomic E-state index is 12.6. The molecule has 0 saturated carbocycles. The van der Waals surface area contributed by atoms with E-state index < -0.39 is 10.0 Å². The van der Waals surface area contributed by atoms with Gasteiger partial charge in [0.1, 0.15) is 0 Å². The molecule has 0 aliphatic carbocycles. The first-order chi connectivity index (χ1) is 15.1. The molecule has 7 nitrogen and oxygen atoms in total. The molecule has 8 heteroatoms. The van der Waals surface area contributed by atoms with Gasteiger partial charge in [0, 0.05) is 37.8 Å². The number of aryl methyl sites for hydroxylation is 3. The Morgan fingerprint density at radius 2 is 1.75 bits per heavy atom. The number of amides is 1. The second kappa shape index (κ2) is 9.67. The van der Waals surface area contributed by atoms with Crippen molar-refractivity contribution >= 4 is 15.9 Å². The lowest BCUT2D eigenvalue weighted by Gasteiger charge is -2.18. The summed E-state index contributed by atoms with van der Waals surface area (Å²) in [5.41, 5.74) is 5.47. The van der Waals surface area contributed by atoms with E-state index in [1.165, 1.54) is 0 Å². The van der Waals surface area contributed by atoms with E-state index in [9.17, 15) is 13.2 Å². The Kier molecular flexibility index (Phi) is 7.16. The van der Waals surface area contributed by atoms with Crippen molar-refractivity contribution in [3.05, 3.63) is 76.6 Å². The maximum absolute atomic E-state index is 12.6. The Morgan fingerprint density at radius 1 is 1.06 bits per heavy atom. The summed E-state index contributed by atoms with van der Waals surface area (Å²) < 4.78 is 29.6. The summed E-state index contributed by atoms with van der Waals surface area (Å²) in [5, 5.41) is 4.62. The van der Waals surface area contributed by atoms with E-state index >= 15 is 0 Å². The number of nitrogens with one attached hydrogen (secondary N) is 1. The number of nitrogens with zero attached hydrogens (tertiary/aromatic N) is 3. The van der Waals surface area contributed by atoms with Gasteiger partial charge >= 0.3 is 0 Å². The van der Waals surface area contributed by atoms with Crippen LogP contribution in [-0.4, -0.2) is 42.6 Å². The number of para-hydroxylation sites is 1. The van der Waals surface area contributed by atoms with Crippen LogP contribution in [0.15, 0.2) is 53.4 Å². The van der Waals surface area contributed by atoms with Gasteiger partial charge in [-0.25, -0.2) is 17.8 Å². The van der Waals surface area contributed by atoms with E-state index in [0.717, 1.165) is 28.2 Å². The fourth-order valence-electron chi connectivity index (χ4n) is 3.71. The van der Waals surface area contributed by atoms with Gasteiger partial charge in [-0.1, -0.05) is 35.9 Å². The van der Waals surface area contributed by atoms with Crippen LogP contribution in [-0.2, 0) is 21.4 Å². The highest BCUT2D eigenvalue weighted by atomic mass is 32.2. The third kappa shape index (κ3) is 5.26. The van der Waals surface area contributed by atoms with Gasteiger partial charge in [-0.3, -0.25) is 4.79 Å². The smallest absolute Gasteiger partial charge is 0.240 e. The number of rotatable bonds is 8. The van der Waals surface area contributed by atoms with E-state index in [-0.39, 0.29) is 23.8 Å². The van der Waals surface area contributed by atoms with Crippen molar-refractivity contribution in [1.82, 2.24) is 19.4 Å². The quantitative estimate of drug-likeness (QED) is 0.565. The van der Waals surface area contributed by atoms with Gasteiger partial charge in [0.15, 0.2) is 0 Å². The molecule has 0 atom stereocenters. The van der Waals surface area contributed by atoms with Crippen LogP contribution in [0.25, 0.3) is 5.69 Å². The van der Waals surface area contributed by atoms with Crippen LogP contribution in [0.1, 0.15) is 34.5 Å². The van der Waals surface area contributed by atoms with Crippen molar-refractivity contribution in [3.8, 4) is 5.69 Å². The first-order valence-corrected chi connectivity index (χ1v) is 12.0. The molecule has 1 N–H and O–H groups in total. The lowest BCUT2D eigenvalue weighted by molar-refractivity contribution is -0.130. The molecule has 170 valence electrons. The van der Waals surface area contributed by atoms with E-state index in [0.29, 0.717) is 12.1 Å². The van der Waals surface area contributed by atoms with E-state index in [4.69, 9.17) is 0 Å². The van der Waals surface area contributed by atoms with Crippen molar-refractivity contribution in [2.45, 2.75) is 45.6 Å². The van der Waals surface area contributed by atoms with Crippen LogP contribution in [0.2, 0.25) is 0 Å². The largest absolute Gasteiger partial charge is 0.341 e. The zero-order valence-corrected chi connectivity index (χ0v) is 20.0. The fraction of sp³-hybridized carbons (Fsp3) is 0.333. The average Bonchev–Trinajstić information content (AvgIpc) is 3.02. The predicted molar refractivity (Wildman–Crippen MR) is 125 cm³/mol. The molecule has 0 aliphatic rings. The molecule has 0 fully saturated rings. The van der Waals surface area contributed by atoms with Crippen LogP contribution in [0.5, 0.6) is 0 Å². The Labute approximate surface area is 190 Å². The summed E-state index contributed by atoms with van der Waals surface area (Å²) in [6, 6.07) is 15.0. The molecule has 1 aromatic heterocycles. The lowest BCUT2D eigenvalue weighted by atomic mass is 10.2. The topological polar surface area (TPSA) is 84.3 Å². The minimum atomic E-state index is -3.66. The molecule has 3 rings (SSSR count). The van der Waals surface area contributed by atoms with Crippen molar-refractivity contribution < 1.29 is 13.2 Å². The summed E-state index contributed by atoms with van der Waals surface area (Å²) in [7, 11) is -1.94. The van der Waals surface area contributed by atoms with E-state index in [1.54, 1.807) is 31.0 Å². The molecule has 0 saturated heterocycles. The Hall–Kier alpha value is -2.97. The molecule has 0 aliphatic heterocycles. The number of sulfonamides is 1. The number of carbonyl (C=O) groups is 1. The highest BCUT2D eigenvalue weighted by molar-refractivity contribution is 7.89. The number of hydrogen-bond donors (Lipinski definition) is 1. The second-order valence-corrected chi connectivity index (χ2v) is 9.80. The SMILES string of the molecule is Cc1ccc(S(=O)(=O)NCCC(=O)N(C)Cc2c(C)nn(-c3ccccc3)c2C)c(C)c1. The third-order valence-electron chi connectivity index (χ3n) is 5.51. The molecule has 3 aromatic rings. The predicted octanol–water partition coefficient (Wildman–Crippen LogP) is 3.43. The van der Waals surface area contributed by atoms with Crippen LogP contribution in [0.4, 0.5) is 0 Å². The zero-order chi connectivity index (χ0) is 23.5. The second-order valence-electron chi connectivity index (χ2n) is 8.06. The van der Waals surface area contributed by atoms with Crippen molar-refractivity contribution in [3.63, 3.8) is 0 Å². The van der Waals surface area contributed by atoms with Crippen LogP contribution in [0.3, 0.4) is 0 Å². The van der Waals surface area contributed by atoms with Crippen LogP contribution in [0, 0.1) is 27.7 Å². The first-order valence-electron chi connectivity index (χ1n) is 10.5. The Balaban J connectivity index is 1.62. The summed E-state index contributed by atoms with van der Waals surface area (Å²) >= 11 is 0. The Morgan fingerprint density at radius 3 is 2.41 bits per heavy atom. The normalized spacial score (nSPS) is 11.5. The molecule has 32 heavy (non-hydrogen) atoms. The molecule has 1 amide bonds.